The number of anilines is 2. The summed E-state index contributed by atoms with van der Waals surface area (Å²) in [7, 11) is 1.54. The van der Waals surface area contributed by atoms with Crippen molar-refractivity contribution in [2.24, 2.45) is 11.8 Å². The predicted molar refractivity (Wildman–Crippen MR) is 98.2 cm³/mol. The Balaban J connectivity index is 1.45. The fraction of sp³-hybridized carbons (Fsp3) is 0.474. The standard InChI is InChI=1S/C19H23FN4O3/c1-26-18-8-17(22-19(21)23-18)24-9-11-6-15(25)16(7-12(11)10-24)27-14-4-2-13(20)3-5-14/h2-5,8,11-12,15-16,25H,6-7,9-10H2,1H3,(H2,21,22,23)/t11-,12+,15+,16+/m0/s1. The van der Waals surface area contributed by atoms with Crippen LogP contribution in [-0.2, 0) is 0 Å². The molecule has 1 aromatic heterocycles. The monoisotopic (exact) mass is 374 g/mol. The molecule has 144 valence electrons. The van der Waals surface area contributed by atoms with E-state index in [1.807, 2.05) is 0 Å². The van der Waals surface area contributed by atoms with E-state index < -0.39 is 6.10 Å². The van der Waals surface area contributed by atoms with Crippen molar-refractivity contribution in [2.75, 3.05) is 30.8 Å². The highest BCUT2D eigenvalue weighted by Crippen LogP contribution is 2.39. The SMILES string of the molecule is COc1cc(N2C[C@H]3C[C@@H](Oc4ccc(F)cc4)[C@H](O)C[C@H]3C2)nc(N)n1. The zero-order valence-electron chi connectivity index (χ0n) is 15.1. The first kappa shape index (κ1) is 17.8. The van der Waals surface area contributed by atoms with E-state index in [0.29, 0.717) is 29.9 Å². The number of aliphatic hydroxyl groups is 1. The number of hydrogen-bond donors (Lipinski definition) is 2. The molecule has 1 aliphatic heterocycles. The second kappa shape index (κ2) is 7.19. The lowest BCUT2D eigenvalue weighted by molar-refractivity contribution is -0.0231. The molecule has 2 heterocycles. The molecule has 0 amide bonds. The van der Waals surface area contributed by atoms with Crippen molar-refractivity contribution < 1.29 is 19.0 Å². The number of hydrogen-bond acceptors (Lipinski definition) is 7. The molecule has 2 aliphatic rings. The lowest BCUT2D eigenvalue weighted by atomic mass is 9.78. The first-order chi connectivity index (χ1) is 13.0. The van der Waals surface area contributed by atoms with Crippen LogP contribution in [0.5, 0.6) is 11.6 Å². The fourth-order valence-corrected chi connectivity index (χ4v) is 4.09. The molecule has 4 rings (SSSR count). The number of aromatic nitrogens is 2. The molecule has 0 spiro atoms. The Morgan fingerprint density at radius 2 is 1.85 bits per heavy atom. The first-order valence-electron chi connectivity index (χ1n) is 9.05. The number of aliphatic hydroxyl groups excluding tert-OH is 1. The number of nitrogen functional groups attached to an aromatic ring is 1. The van der Waals surface area contributed by atoms with Crippen molar-refractivity contribution in [3.8, 4) is 11.6 Å². The third-order valence-electron chi connectivity index (χ3n) is 5.43. The molecule has 1 saturated carbocycles. The number of ether oxygens (including phenoxy) is 2. The van der Waals surface area contributed by atoms with Crippen molar-refractivity contribution in [2.45, 2.75) is 25.0 Å². The Kier molecular flexibility index (Phi) is 4.73. The summed E-state index contributed by atoms with van der Waals surface area (Å²) in [4.78, 5) is 10.5. The molecule has 27 heavy (non-hydrogen) atoms. The summed E-state index contributed by atoms with van der Waals surface area (Å²) in [5.41, 5.74) is 5.77. The molecular weight excluding hydrogens is 351 g/mol. The normalized spacial score (nSPS) is 27.3. The van der Waals surface area contributed by atoms with Gasteiger partial charge >= 0.3 is 0 Å². The summed E-state index contributed by atoms with van der Waals surface area (Å²) in [6.07, 6.45) is 0.533. The molecule has 2 aromatic rings. The van der Waals surface area contributed by atoms with Gasteiger partial charge in [-0.1, -0.05) is 0 Å². The summed E-state index contributed by atoms with van der Waals surface area (Å²) in [6.45, 7) is 1.60. The minimum Gasteiger partial charge on any atom is -0.488 e. The maximum absolute atomic E-state index is 13.1. The molecule has 1 aromatic carbocycles. The number of halogens is 1. The smallest absolute Gasteiger partial charge is 0.225 e. The lowest BCUT2D eigenvalue weighted by Gasteiger charge is -2.35. The van der Waals surface area contributed by atoms with Gasteiger partial charge in [-0.15, -0.1) is 0 Å². The maximum atomic E-state index is 13.1. The van der Waals surface area contributed by atoms with Crippen molar-refractivity contribution >= 4 is 11.8 Å². The van der Waals surface area contributed by atoms with Gasteiger partial charge in [0, 0.05) is 19.2 Å². The molecule has 1 aliphatic carbocycles. The van der Waals surface area contributed by atoms with Crippen molar-refractivity contribution in [3.63, 3.8) is 0 Å². The van der Waals surface area contributed by atoms with Gasteiger partial charge in [-0.25, -0.2) is 4.39 Å². The highest BCUT2D eigenvalue weighted by Gasteiger charge is 2.43. The largest absolute Gasteiger partial charge is 0.488 e. The second-order valence-corrected chi connectivity index (χ2v) is 7.20. The predicted octanol–water partition coefficient (Wildman–Crippen LogP) is 1.86. The van der Waals surface area contributed by atoms with E-state index in [9.17, 15) is 9.50 Å². The van der Waals surface area contributed by atoms with Crippen LogP contribution in [0.25, 0.3) is 0 Å². The van der Waals surface area contributed by atoms with E-state index in [1.165, 1.54) is 12.1 Å². The van der Waals surface area contributed by atoms with E-state index in [4.69, 9.17) is 15.2 Å². The number of rotatable bonds is 4. The average molecular weight is 374 g/mol. The topological polar surface area (TPSA) is 93.7 Å². The van der Waals surface area contributed by atoms with Gasteiger partial charge in [0.1, 0.15) is 23.5 Å². The highest BCUT2D eigenvalue weighted by molar-refractivity contribution is 5.46. The molecule has 1 saturated heterocycles. The Morgan fingerprint density at radius 1 is 1.15 bits per heavy atom. The summed E-state index contributed by atoms with van der Waals surface area (Å²) in [6, 6.07) is 7.67. The minimum atomic E-state index is -0.554. The number of nitrogens with two attached hydrogens (primary N) is 1. The number of benzene rings is 1. The van der Waals surface area contributed by atoms with Crippen molar-refractivity contribution in [3.05, 3.63) is 36.1 Å². The molecular formula is C19H23FN4O3. The van der Waals surface area contributed by atoms with Gasteiger partial charge in [-0.05, 0) is 48.9 Å². The number of nitrogens with zero attached hydrogens (tertiary/aromatic N) is 3. The van der Waals surface area contributed by atoms with Crippen LogP contribution in [0.4, 0.5) is 16.2 Å². The van der Waals surface area contributed by atoms with Crippen LogP contribution >= 0.6 is 0 Å². The maximum Gasteiger partial charge on any atom is 0.225 e. The Bertz CT molecular complexity index is 804. The van der Waals surface area contributed by atoms with Crippen LogP contribution in [0.15, 0.2) is 30.3 Å². The molecule has 2 fully saturated rings. The summed E-state index contributed by atoms with van der Waals surface area (Å²) < 4.78 is 24.2. The number of fused-ring (bicyclic) bond motifs is 1. The average Bonchev–Trinajstić information content (AvgIpc) is 3.06. The van der Waals surface area contributed by atoms with Gasteiger partial charge in [0.25, 0.3) is 0 Å². The van der Waals surface area contributed by atoms with Crippen LogP contribution in [0, 0.1) is 17.7 Å². The van der Waals surface area contributed by atoms with E-state index in [-0.39, 0.29) is 17.9 Å². The van der Waals surface area contributed by atoms with E-state index in [1.54, 1.807) is 25.3 Å². The molecule has 8 heteroatoms. The Labute approximate surface area is 156 Å². The van der Waals surface area contributed by atoms with Gasteiger partial charge in [0.05, 0.1) is 13.2 Å². The van der Waals surface area contributed by atoms with Crippen LogP contribution in [0.3, 0.4) is 0 Å². The minimum absolute atomic E-state index is 0.178. The van der Waals surface area contributed by atoms with Gasteiger partial charge in [0.15, 0.2) is 0 Å². The lowest BCUT2D eigenvalue weighted by Crippen LogP contribution is -2.42. The van der Waals surface area contributed by atoms with Crippen LogP contribution in [-0.4, -0.2) is 47.5 Å². The third kappa shape index (κ3) is 3.75. The van der Waals surface area contributed by atoms with Crippen molar-refractivity contribution in [1.82, 2.24) is 9.97 Å². The molecule has 3 N–H and O–H groups in total. The molecule has 7 nitrogen and oxygen atoms in total. The Hall–Kier alpha value is -2.61. The molecule has 0 bridgehead atoms. The van der Waals surface area contributed by atoms with Crippen LogP contribution in [0.2, 0.25) is 0 Å². The Morgan fingerprint density at radius 3 is 2.56 bits per heavy atom. The van der Waals surface area contributed by atoms with Gasteiger partial charge in [-0.3, -0.25) is 0 Å². The van der Waals surface area contributed by atoms with E-state index in [2.05, 4.69) is 14.9 Å². The second-order valence-electron chi connectivity index (χ2n) is 7.20. The summed E-state index contributed by atoms with van der Waals surface area (Å²) >= 11 is 0. The highest BCUT2D eigenvalue weighted by atomic mass is 19.1. The van der Waals surface area contributed by atoms with Gasteiger partial charge < -0.3 is 25.2 Å². The first-order valence-corrected chi connectivity index (χ1v) is 9.05. The van der Waals surface area contributed by atoms with Gasteiger partial charge in [0.2, 0.25) is 11.8 Å². The molecule has 0 radical (unpaired) electrons. The third-order valence-corrected chi connectivity index (χ3v) is 5.43. The van der Waals surface area contributed by atoms with Gasteiger partial charge in [-0.2, -0.15) is 9.97 Å². The fourth-order valence-electron chi connectivity index (χ4n) is 4.09. The molecule has 0 unspecified atom stereocenters. The molecule has 4 atom stereocenters. The zero-order chi connectivity index (χ0) is 19.0. The summed E-state index contributed by atoms with van der Waals surface area (Å²) in [5.74, 6) is 2.34. The van der Waals surface area contributed by atoms with Crippen molar-refractivity contribution in [1.29, 1.82) is 0 Å². The van der Waals surface area contributed by atoms with E-state index >= 15 is 0 Å². The van der Waals surface area contributed by atoms with E-state index in [0.717, 1.165) is 25.3 Å². The zero-order valence-corrected chi connectivity index (χ0v) is 15.1. The number of methoxy groups -OCH3 is 1. The quantitative estimate of drug-likeness (QED) is 0.844. The van der Waals surface area contributed by atoms with Crippen LogP contribution in [0.1, 0.15) is 12.8 Å². The van der Waals surface area contributed by atoms with Crippen LogP contribution < -0.4 is 20.1 Å². The summed E-state index contributed by atoms with van der Waals surface area (Å²) in [5, 5.41) is 10.5.